The van der Waals surface area contributed by atoms with Gasteiger partial charge in [-0.25, -0.2) is 14.1 Å². The van der Waals surface area contributed by atoms with Crippen LogP contribution in [0.5, 0.6) is 0 Å². The van der Waals surface area contributed by atoms with E-state index >= 15 is 0 Å². The summed E-state index contributed by atoms with van der Waals surface area (Å²) >= 11 is 0. The summed E-state index contributed by atoms with van der Waals surface area (Å²) in [5.41, 5.74) is 0.901. The first-order chi connectivity index (χ1) is 12.5. The van der Waals surface area contributed by atoms with Crippen molar-refractivity contribution < 1.29 is 9.18 Å². The summed E-state index contributed by atoms with van der Waals surface area (Å²) in [7, 11) is 0. The number of fused-ring (bicyclic) bond motifs is 1. The fourth-order valence-electron chi connectivity index (χ4n) is 2.59. The van der Waals surface area contributed by atoms with Gasteiger partial charge in [0, 0.05) is 12.5 Å². The molecule has 3 aromatic rings. The molecule has 0 aliphatic rings. The average molecular weight is 357 g/mol. The number of hydrogen-bond donors (Lipinski definition) is 1. The molecule has 0 atom stereocenters. The van der Waals surface area contributed by atoms with E-state index in [4.69, 9.17) is 0 Å². The summed E-state index contributed by atoms with van der Waals surface area (Å²) in [5, 5.41) is 7.38. The number of carbonyl (C=O) groups is 1. The van der Waals surface area contributed by atoms with Crippen molar-refractivity contribution in [3.8, 4) is 0 Å². The van der Waals surface area contributed by atoms with Crippen molar-refractivity contribution >= 4 is 16.9 Å². The van der Waals surface area contributed by atoms with Gasteiger partial charge in [-0.1, -0.05) is 26.0 Å². The Bertz CT molecular complexity index is 993. The van der Waals surface area contributed by atoms with Crippen LogP contribution in [0.4, 0.5) is 4.39 Å². The molecule has 136 valence electrons. The van der Waals surface area contributed by atoms with Gasteiger partial charge >= 0.3 is 0 Å². The largest absolute Gasteiger partial charge is 0.354 e. The highest BCUT2D eigenvalue weighted by atomic mass is 19.1. The van der Waals surface area contributed by atoms with Gasteiger partial charge in [-0.3, -0.25) is 14.2 Å². The maximum Gasteiger partial charge on any atom is 0.264 e. The molecule has 7 nitrogen and oxygen atoms in total. The van der Waals surface area contributed by atoms with Crippen LogP contribution < -0.4 is 10.9 Å². The van der Waals surface area contributed by atoms with E-state index in [1.165, 1.54) is 29.2 Å². The van der Waals surface area contributed by atoms with Crippen LogP contribution in [0.15, 0.2) is 41.6 Å². The quantitative estimate of drug-likeness (QED) is 0.726. The first-order valence-corrected chi connectivity index (χ1v) is 8.39. The number of hydrogen-bond acceptors (Lipinski definition) is 4. The summed E-state index contributed by atoms with van der Waals surface area (Å²) in [6, 6.07) is 6.10. The number of nitrogens with one attached hydrogen (secondary N) is 1. The van der Waals surface area contributed by atoms with Crippen molar-refractivity contribution in [3.05, 3.63) is 58.5 Å². The molecule has 1 amide bonds. The lowest BCUT2D eigenvalue weighted by molar-refractivity contribution is -0.124. The van der Waals surface area contributed by atoms with E-state index in [1.54, 1.807) is 16.8 Å². The summed E-state index contributed by atoms with van der Waals surface area (Å²) in [5.74, 6) is -0.467. The highest BCUT2D eigenvalue weighted by molar-refractivity contribution is 5.77. The molecule has 2 aromatic heterocycles. The van der Waals surface area contributed by atoms with E-state index in [0.717, 1.165) is 0 Å². The van der Waals surface area contributed by atoms with E-state index in [1.807, 2.05) is 13.8 Å². The fourth-order valence-corrected chi connectivity index (χ4v) is 2.59. The number of aromatic nitrogens is 4. The lowest BCUT2D eigenvalue weighted by atomic mass is 10.2. The second-order valence-electron chi connectivity index (χ2n) is 6.36. The van der Waals surface area contributed by atoms with Gasteiger partial charge in [0.05, 0.1) is 19.3 Å². The maximum atomic E-state index is 13.3. The SMILES string of the molecule is CC(C)C(=O)NCCn1ncc2c(=O)n(Cc3cccc(F)c3)cnc21. The Labute approximate surface area is 149 Å². The minimum Gasteiger partial charge on any atom is -0.354 e. The number of nitrogens with zero attached hydrogens (tertiary/aromatic N) is 4. The topological polar surface area (TPSA) is 81.8 Å². The molecule has 0 unspecified atom stereocenters. The van der Waals surface area contributed by atoms with Crippen LogP contribution in [0.1, 0.15) is 19.4 Å². The average Bonchev–Trinajstić information content (AvgIpc) is 3.01. The van der Waals surface area contributed by atoms with Crippen molar-refractivity contribution in [1.29, 1.82) is 0 Å². The lowest BCUT2D eigenvalue weighted by Gasteiger charge is -2.08. The minimum atomic E-state index is -0.346. The smallest absolute Gasteiger partial charge is 0.264 e. The molecule has 0 aliphatic heterocycles. The molecule has 1 N–H and O–H groups in total. The lowest BCUT2D eigenvalue weighted by Crippen LogP contribution is -2.31. The van der Waals surface area contributed by atoms with Gasteiger partial charge in [0.2, 0.25) is 5.91 Å². The molecule has 8 heteroatoms. The normalized spacial score (nSPS) is 11.2. The van der Waals surface area contributed by atoms with Crippen LogP contribution in [0.3, 0.4) is 0 Å². The molecule has 26 heavy (non-hydrogen) atoms. The standard InChI is InChI=1S/C18H20FN5O2/c1-12(2)17(25)20-6-7-24-16-15(9-22-24)18(26)23(11-21-16)10-13-4-3-5-14(19)8-13/h3-5,8-9,11-12H,6-7,10H2,1-2H3,(H,20,25). The Morgan fingerprint density at radius 3 is 2.88 bits per heavy atom. The second-order valence-corrected chi connectivity index (χ2v) is 6.36. The van der Waals surface area contributed by atoms with Crippen LogP contribution >= 0.6 is 0 Å². The van der Waals surface area contributed by atoms with Crippen LogP contribution in [0.25, 0.3) is 11.0 Å². The molecule has 0 bridgehead atoms. The molecule has 3 rings (SSSR count). The number of rotatable bonds is 6. The molecule has 0 fully saturated rings. The second kappa shape index (κ2) is 7.47. The van der Waals surface area contributed by atoms with E-state index in [9.17, 15) is 14.0 Å². The fraction of sp³-hybridized carbons (Fsp3) is 0.333. The van der Waals surface area contributed by atoms with Crippen LogP contribution in [-0.4, -0.2) is 31.8 Å². The number of halogens is 1. The summed E-state index contributed by atoms with van der Waals surface area (Å²) in [4.78, 5) is 28.5. The van der Waals surface area contributed by atoms with E-state index in [-0.39, 0.29) is 29.7 Å². The van der Waals surface area contributed by atoms with Crippen molar-refractivity contribution in [1.82, 2.24) is 24.6 Å². The summed E-state index contributed by atoms with van der Waals surface area (Å²) in [6.45, 7) is 4.70. The van der Waals surface area contributed by atoms with Gasteiger partial charge in [0.15, 0.2) is 5.65 Å². The first-order valence-electron chi connectivity index (χ1n) is 8.39. The summed E-state index contributed by atoms with van der Waals surface area (Å²) in [6.07, 6.45) is 2.90. The summed E-state index contributed by atoms with van der Waals surface area (Å²) < 4.78 is 16.3. The van der Waals surface area contributed by atoms with Gasteiger partial charge in [0.25, 0.3) is 5.56 Å². The van der Waals surface area contributed by atoms with Gasteiger partial charge in [-0.15, -0.1) is 0 Å². The molecule has 0 spiro atoms. The Balaban J connectivity index is 1.78. The van der Waals surface area contributed by atoms with E-state index in [0.29, 0.717) is 29.7 Å². The van der Waals surface area contributed by atoms with Crippen LogP contribution in [-0.2, 0) is 17.9 Å². The van der Waals surface area contributed by atoms with Crippen LogP contribution in [0.2, 0.25) is 0 Å². The zero-order valence-corrected chi connectivity index (χ0v) is 14.6. The van der Waals surface area contributed by atoms with E-state index in [2.05, 4.69) is 15.4 Å². The van der Waals surface area contributed by atoms with Crippen LogP contribution in [0, 0.1) is 11.7 Å². The van der Waals surface area contributed by atoms with E-state index < -0.39 is 0 Å². The Hall–Kier alpha value is -3.03. The first kappa shape index (κ1) is 17.8. The predicted molar refractivity (Wildman–Crippen MR) is 95.1 cm³/mol. The highest BCUT2D eigenvalue weighted by Crippen LogP contribution is 2.08. The third kappa shape index (κ3) is 3.79. The third-order valence-corrected chi connectivity index (χ3v) is 4.01. The molecule has 2 heterocycles. The molecule has 1 aromatic carbocycles. The van der Waals surface area contributed by atoms with Crippen molar-refractivity contribution in [3.63, 3.8) is 0 Å². The Morgan fingerprint density at radius 1 is 1.35 bits per heavy atom. The monoisotopic (exact) mass is 357 g/mol. The highest BCUT2D eigenvalue weighted by Gasteiger charge is 2.11. The van der Waals surface area contributed by atoms with Crippen molar-refractivity contribution in [2.75, 3.05) is 6.54 Å². The minimum absolute atomic E-state index is 0.0353. The number of benzene rings is 1. The van der Waals surface area contributed by atoms with Crippen molar-refractivity contribution in [2.45, 2.75) is 26.9 Å². The zero-order chi connectivity index (χ0) is 18.7. The molecule has 0 saturated heterocycles. The molecular weight excluding hydrogens is 337 g/mol. The van der Waals surface area contributed by atoms with Gasteiger partial charge in [-0.2, -0.15) is 5.10 Å². The number of amides is 1. The van der Waals surface area contributed by atoms with Gasteiger partial charge in [-0.05, 0) is 17.7 Å². The molecule has 0 saturated carbocycles. The Kier molecular flexibility index (Phi) is 5.11. The molecular formula is C18H20FN5O2. The third-order valence-electron chi connectivity index (χ3n) is 4.01. The van der Waals surface area contributed by atoms with Gasteiger partial charge in [0.1, 0.15) is 17.5 Å². The van der Waals surface area contributed by atoms with Gasteiger partial charge < -0.3 is 5.32 Å². The van der Waals surface area contributed by atoms with Crippen molar-refractivity contribution in [2.24, 2.45) is 5.92 Å². The maximum absolute atomic E-state index is 13.3. The molecule has 0 radical (unpaired) electrons. The Morgan fingerprint density at radius 2 is 2.15 bits per heavy atom. The molecule has 0 aliphatic carbocycles. The zero-order valence-electron chi connectivity index (χ0n) is 14.6. The number of carbonyl (C=O) groups excluding carboxylic acids is 1. The predicted octanol–water partition coefficient (Wildman–Crippen LogP) is 1.55.